The van der Waals surface area contributed by atoms with Gasteiger partial charge in [-0.1, -0.05) is 29.8 Å². The van der Waals surface area contributed by atoms with E-state index in [0.29, 0.717) is 28.6 Å². The van der Waals surface area contributed by atoms with E-state index in [-0.39, 0.29) is 5.75 Å². The quantitative estimate of drug-likeness (QED) is 0.800. The van der Waals surface area contributed by atoms with Crippen LogP contribution in [0.25, 0.3) is 0 Å². The van der Waals surface area contributed by atoms with Gasteiger partial charge in [0.25, 0.3) is 0 Å². The van der Waals surface area contributed by atoms with Gasteiger partial charge in [0, 0.05) is 17.1 Å². The fourth-order valence-electron chi connectivity index (χ4n) is 1.74. The van der Waals surface area contributed by atoms with E-state index in [0.717, 1.165) is 4.88 Å². The van der Waals surface area contributed by atoms with E-state index in [1.807, 2.05) is 6.07 Å². The van der Waals surface area contributed by atoms with Gasteiger partial charge < -0.3 is 5.73 Å². The lowest BCUT2D eigenvalue weighted by Gasteiger charge is -2.08. The zero-order chi connectivity index (χ0) is 14.6. The molecule has 0 aliphatic heterocycles. The summed E-state index contributed by atoms with van der Waals surface area (Å²) < 4.78 is 27.2. The van der Waals surface area contributed by atoms with Gasteiger partial charge in [0.1, 0.15) is 0 Å². The lowest BCUT2D eigenvalue weighted by molar-refractivity contribution is 0.581. The normalized spacial score (nSPS) is 11.7. The molecular formula is C13H15ClN2O2S2. The van der Waals surface area contributed by atoms with Gasteiger partial charge in [-0.05, 0) is 30.2 Å². The molecule has 4 nitrogen and oxygen atoms in total. The van der Waals surface area contributed by atoms with Crippen molar-refractivity contribution in [2.45, 2.75) is 12.2 Å². The first-order valence-electron chi connectivity index (χ1n) is 6.01. The third-order valence-electron chi connectivity index (χ3n) is 2.72. The lowest BCUT2D eigenvalue weighted by Crippen LogP contribution is -2.27. The van der Waals surface area contributed by atoms with Crippen LogP contribution in [-0.4, -0.2) is 15.0 Å². The molecule has 0 spiro atoms. The highest BCUT2D eigenvalue weighted by Crippen LogP contribution is 2.21. The molecular weight excluding hydrogens is 316 g/mol. The average molecular weight is 331 g/mol. The van der Waals surface area contributed by atoms with Crippen molar-refractivity contribution in [1.82, 2.24) is 4.72 Å². The summed E-state index contributed by atoms with van der Waals surface area (Å²) in [6.45, 7) is 0.353. The van der Waals surface area contributed by atoms with Crippen LogP contribution in [0.2, 0.25) is 4.34 Å². The minimum Gasteiger partial charge on any atom is -0.398 e. The number of nitrogens with one attached hydrogen (secondary N) is 1. The number of hydrogen-bond acceptors (Lipinski definition) is 4. The van der Waals surface area contributed by atoms with Crippen molar-refractivity contribution in [2.75, 3.05) is 12.3 Å². The largest absolute Gasteiger partial charge is 0.398 e. The lowest BCUT2D eigenvalue weighted by atomic mass is 10.2. The summed E-state index contributed by atoms with van der Waals surface area (Å²) >= 11 is 7.28. The molecule has 0 bridgehead atoms. The molecule has 0 atom stereocenters. The van der Waals surface area contributed by atoms with Gasteiger partial charge in [-0.25, -0.2) is 13.1 Å². The van der Waals surface area contributed by atoms with E-state index in [1.165, 1.54) is 11.3 Å². The molecule has 3 N–H and O–H groups in total. The minimum atomic E-state index is -3.38. The van der Waals surface area contributed by atoms with Gasteiger partial charge in [0.05, 0.1) is 10.1 Å². The molecule has 0 fully saturated rings. The van der Waals surface area contributed by atoms with Crippen molar-refractivity contribution in [2.24, 2.45) is 0 Å². The highest BCUT2D eigenvalue weighted by atomic mass is 35.5. The van der Waals surface area contributed by atoms with Crippen LogP contribution >= 0.6 is 22.9 Å². The second-order valence-electron chi connectivity index (χ2n) is 4.31. The van der Waals surface area contributed by atoms with Crippen LogP contribution in [0, 0.1) is 0 Å². The van der Waals surface area contributed by atoms with Gasteiger partial charge in [0.2, 0.25) is 10.0 Å². The molecule has 108 valence electrons. The Morgan fingerprint density at radius 2 is 1.95 bits per heavy atom. The number of para-hydroxylation sites is 1. The maximum atomic E-state index is 12.0. The standard InChI is InChI=1S/C13H15ClN2O2S2/c14-13-6-5-11(19-13)7-8-16-20(17,18)9-10-3-1-2-4-12(10)15/h1-6,16H,7-9,15H2. The van der Waals surface area contributed by atoms with Crippen molar-refractivity contribution < 1.29 is 8.42 Å². The van der Waals surface area contributed by atoms with Gasteiger partial charge >= 0.3 is 0 Å². The molecule has 20 heavy (non-hydrogen) atoms. The summed E-state index contributed by atoms with van der Waals surface area (Å²) in [7, 11) is -3.38. The first kappa shape index (κ1) is 15.3. The number of anilines is 1. The van der Waals surface area contributed by atoms with Crippen LogP contribution in [0.5, 0.6) is 0 Å². The molecule has 0 unspecified atom stereocenters. The van der Waals surface area contributed by atoms with Crippen molar-refractivity contribution >= 4 is 38.6 Å². The maximum absolute atomic E-state index is 12.0. The third-order valence-corrected chi connectivity index (χ3v) is 5.35. The topological polar surface area (TPSA) is 72.2 Å². The van der Waals surface area contributed by atoms with Crippen LogP contribution < -0.4 is 10.5 Å². The number of rotatable bonds is 6. The molecule has 0 aliphatic rings. The molecule has 2 rings (SSSR count). The Morgan fingerprint density at radius 1 is 1.20 bits per heavy atom. The number of nitrogen functional groups attached to an aromatic ring is 1. The number of hydrogen-bond donors (Lipinski definition) is 2. The third kappa shape index (κ3) is 4.49. The monoisotopic (exact) mass is 330 g/mol. The maximum Gasteiger partial charge on any atom is 0.215 e. The predicted molar refractivity (Wildman–Crippen MR) is 84.5 cm³/mol. The van der Waals surface area contributed by atoms with Gasteiger partial charge in [-0.15, -0.1) is 11.3 Å². The molecule has 0 saturated heterocycles. The molecule has 0 amide bonds. The van der Waals surface area contributed by atoms with E-state index in [1.54, 1.807) is 30.3 Å². The molecule has 1 aromatic carbocycles. The fourth-order valence-corrected chi connectivity index (χ4v) is 4.01. The van der Waals surface area contributed by atoms with Gasteiger partial charge in [0.15, 0.2) is 0 Å². The van der Waals surface area contributed by atoms with Crippen molar-refractivity contribution in [1.29, 1.82) is 0 Å². The molecule has 0 radical (unpaired) electrons. The van der Waals surface area contributed by atoms with Crippen LogP contribution in [0.4, 0.5) is 5.69 Å². The number of thiophene rings is 1. The van der Waals surface area contributed by atoms with E-state index >= 15 is 0 Å². The first-order chi connectivity index (χ1) is 9.46. The van der Waals surface area contributed by atoms with E-state index in [2.05, 4.69) is 4.72 Å². The van der Waals surface area contributed by atoms with Crippen molar-refractivity contribution in [3.8, 4) is 0 Å². The van der Waals surface area contributed by atoms with Crippen molar-refractivity contribution in [3.63, 3.8) is 0 Å². The van der Waals surface area contributed by atoms with Crippen molar-refractivity contribution in [3.05, 3.63) is 51.2 Å². The van der Waals surface area contributed by atoms with E-state index in [9.17, 15) is 8.42 Å². The number of halogens is 1. The molecule has 0 saturated carbocycles. The molecule has 1 aromatic heterocycles. The Hall–Kier alpha value is -1.08. The fraction of sp³-hybridized carbons (Fsp3) is 0.231. The summed E-state index contributed by atoms with van der Waals surface area (Å²) in [5, 5.41) is 0. The predicted octanol–water partition coefficient (Wildman–Crippen LogP) is 2.65. The van der Waals surface area contributed by atoms with Gasteiger partial charge in [-0.3, -0.25) is 0 Å². The Kier molecular flexibility index (Phi) is 5.04. The Morgan fingerprint density at radius 3 is 2.60 bits per heavy atom. The van der Waals surface area contributed by atoms with Crippen LogP contribution in [-0.2, 0) is 22.2 Å². The van der Waals surface area contributed by atoms with E-state index in [4.69, 9.17) is 17.3 Å². The minimum absolute atomic E-state index is 0.106. The Balaban J connectivity index is 1.90. The molecule has 2 aromatic rings. The number of nitrogens with two attached hydrogens (primary N) is 1. The first-order valence-corrected chi connectivity index (χ1v) is 8.86. The molecule has 7 heteroatoms. The summed E-state index contributed by atoms with van der Waals surface area (Å²) in [5.41, 5.74) is 6.84. The van der Waals surface area contributed by atoms with Crippen LogP contribution in [0.1, 0.15) is 10.4 Å². The second kappa shape index (κ2) is 6.58. The summed E-state index contributed by atoms with van der Waals surface area (Å²) in [5.74, 6) is -0.106. The van der Waals surface area contributed by atoms with Crippen LogP contribution in [0.15, 0.2) is 36.4 Å². The average Bonchev–Trinajstić information content (AvgIpc) is 2.77. The Bertz CT molecular complexity index is 683. The molecule has 1 heterocycles. The zero-order valence-electron chi connectivity index (χ0n) is 10.7. The van der Waals surface area contributed by atoms with Gasteiger partial charge in [-0.2, -0.15) is 0 Å². The summed E-state index contributed by atoms with van der Waals surface area (Å²) in [6, 6.07) is 10.7. The summed E-state index contributed by atoms with van der Waals surface area (Å²) in [4.78, 5) is 1.05. The zero-order valence-corrected chi connectivity index (χ0v) is 13.1. The SMILES string of the molecule is Nc1ccccc1CS(=O)(=O)NCCc1ccc(Cl)s1. The smallest absolute Gasteiger partial charge is 0.215 e. The number of sulfonamides is 1. The number of benzene rings is 1. The van der Waals surface area contributed by atoms with Crippen LogP contribution in [0.3, 0.4) is 0 Å². The van der Waals surface area contributed by atoms with E-state index < -0.39 is 10.0 Å². The summed E-state index contributed by atoms with van der Waals surface area (Å²) in [6.07, 6.45) is 0.626. The highest BCUT2D eigenvalue weighted by Gasteiger charge is 2.12. The Labute approximate surface area is 127 Å². The second-order valence-corrected chi connectivity index (χ2v) is 7.91. The molecule has 0 aliphatic carbocycles. The highest BCUT2D eigenvalue weighted by molar-refractivity contribution is 7.88.